The first kappa shape index (κ1) is 18.9. The Kier molecular flexibility index (Phi) is 5.35. The Morgan fingerprint density at radius 2 is 1.78 bits per heavy atom. The molecule has 0 fully saturated rings. The summed E-state index contributed by atoms with van der Waals surface area (Å²) >= 11 is 0. The zero-order valence-electron chi connectivity index (χ0n) is 14.1. The van der Waals surface area contributed by atoms with Gasteiger partial charge in [-0.15, -0.1) is 0 Å². The van der Waals surface area contributed by atoms with Crippen molar-refractivity contribution in [2.45, 2.75) is 38.8 Å². The van der Waals surface area contributed by atoms with E-state index in [9.17, 15) is 18.4 Å². The summed E-state index contributed by atoms with van der Waals surface area (Å²) in [5.74, 6) is -2.16. The fraction of sp³-hybridized carbons (Fsp3) is 0.500. The van der Waals surface area contributed by atoms with Crippen molar-refractivity contribution < 1.29 is 27.8 Å². The molecule has 1 aromatic carbocycles. The van der Waals surface area contributed by atoms with Crippen molar-refractivity contribution in [3.63, 3.8) is 0 Å². The van der Waals surface area contributed by atoms with Crippen molar-refractivity contribution in [2.24, 2.45) is 0 Å². The molecule has 7 heteroatoms. The molecule has 0 heterocycles. The molecule has 0 saturated heterocycles. The molecule has 5 nitrogen and oxygen atoms in total. The molecule has 0 spiro atoms. The Balaban J connectivity index is 3.40. The van der Waals surface area contributed by atoms with Crippen molar-refractivity contribution in [3.05, 3.63) is 29.3 Å². The number of ether oxygens (including phenoxy) is 2. The predicted molar refractivity (Wildman–Crippen MR) is 80.3 cm³/mol. The number of amides is 1. The Morgan fingerprint density at radius 3 is 2.22 bits per heavy atom. The van der Waals surface area contributed by atoms with Gasteiger partial charge in [-0.25, -0.2) is 13.6 Å². The van der Waals surface area contributed by atoms with Crippen molar-refractivity contribution >= 4 is 12.4 Å². The molecule has 0 radical (unpaired) electrons. The molecular weight excluding hydrogens is 308 g/mol. The summed E-state index contributed by atoms with van der Waals surface area (Å²) in [6.07, 6.45) is -0.396. The number of rotatable bonds is 4. The molecule has 1 rings (SSSR count). The zero-order chi connectivity index (χ0) is 18.0. The topological polar surface area (TPSA) is 55.8 Å². The number of halogens is 2. The Labute approximate surface area is 134 Å². The SMILES string of the molecule is COc1c(F)cc(F)cc1C(C)(C=O)N(C)C(=O)OC(C)(C)C. The van der Waals surface area contributed by atoms with Gasteiger partial charge in [0, 0.05) is 18.7 Å². The van der Waals surface area contributed by atoms with Gasteiger partial charge in [-0.3, -0.25) is 4.90 Å². The summed E-state index contributed by atoms with van der Waals surface area (Å²) in [5, 5.41) is 0. The minimum absolute atomic E-state index is 0.110. The highest BCUT2D eigenvalue weighted by molar-refractivity contribution is 5.79. The number of carbonyl (C=O) groups is 2. The molecule has 0 N–H and O–H groups in total. The summed E-state index contributed by atoms with van der Waals surface area (Å²) in [4.78, 5) is 24.9. The van der Waals surface area contributed by atoms with Gasteiger partial charge >= 0.3 is 6.09 Å². The molecule has 0 bridgehead atoms. The highest BCUT2D eigenvalue weighted by Gasteiger charge is 2.40. The van der Waals surface area contributed by atoms with E-state index in [2.05, 4.69) is 0 Å². The van der Waals surface area contributed by atoms with Crippen molar-refractivity contribution in [3.8, 4) is 5.75 Å². The lowest BCUT2D eigenvalue weighted by atomic mass is 9.91. The second-order valence-corrected chi connectivity index (χ2v) is 6.27. The third-order valence-electron chi connectivity index (χ3n) is 3.35. The molecule has 1 amide bonds. The van der Waals surface area contributed by atoms with E-state index in [1.54, 1.807) is 20.8 Å². The lowest BCUT2D eigenvalue weighted by molar-refractivity contribution is -0.117. The second-order valence-electron chi connectivity index (χ2n) is 6.27. The largest absolute Gasteiger partial charge is 0.493 e. The summed E-state index contributed by atoms with van der Waals surface area (Å²) in [7, 11) is 2.50. The van der Waals surface area contributed by atoms with Crippen LogP contribution in [0.2, 0.25) is 0 Å². The number of hydrogen-bond acceptors (Lipinski definition) is 4. The van der Waals surface area contributed by atoms with Crippen LogP contribution in [0.1, 0.15) is 33.3 Å². The van der Waals surface area contributed by atoms with E-state index in [-0.39, 0.29) is 11.3 Å². The number of methoxy groups -OCH3 is 1. The fourth-order valence-electron chi connectivity index (χ4n) is 1.99. The van der Waals surface area contributed by atoms with Crippen LogP contribution < -0.4 is 4.74 Å². The van der Waals surface area contributed by atoms with Crippen molar-refractivity contribution in [1.82, 2.24) is 4.90 Å². The highest BCUT2D eigenvalue weighted by Crippen LogP contribution is 2.36. The van der Waals surface area contributed by atoms with Gasteiger partial charge in [0.15, 0.2) is 11.6 Å². The monoisotopic (exact) mass is 329 g/mol. The second kappa shape index (κ2) is 6.52. The van der Waals surface area contributed by atoms with E-state index < -0.39 is 28.9 Å². The van der Waals surface area contributed by atoms with Crippen LogP contribution in [-0.2, 0) is 15.1 Å². The number of nitrogens with zero attached hydrogens (tertiary/aromatic N) is 1. The molecule has 1 atom stereocenters. The van der Waals surface area contributed by atoms with E-state index in [4.69, 9.17) is 9.47 Å². The Morgan fingerprint density at radius 1 is 1.22 bits per heavy atom. The normalized spacial score (nSPS) is 13.9. The van der Waals surface area contributed by atoms with Crippen LogP contribution in [0, 0.1) is 11.6 Å². The quantitative estimate of drug-likeness (QED) is 0.796. The van der Waals surface area contributed by atoms with Gasteiger partial charge in [0.05, 0.1) is 7.11 Å². The molecule has 128 valence electrons. The van der Waals surface area contributed by atoms with Crippen LogP contribution in [0.4, 0.5) is 13.6 Å². The van der Waals surface area contributed by atoms with Gasteiger partial charge in [0.1, 0.15) is 23.2 Å². The molecule has 0 saturated carbocycles. The molecular formula is C16H21F2NO4. The number of benzene rings is 1. The first-order chi connectivity index (χ1) is 10.5. The van der Waals surface area contributed by atoms with E-state index in [1.807, 2.05) is 0 Å². The minimum atomic E-state index is -1.67. The van der Waals surface area contributed by atoms with E-state index >= 15 is 0 Å². The molecule has 0 aromatic heterocycles. The summed E-state index contributed by atoms with van der Waals surface area (Å²) in [5.41, 5.74) is -2.57. The standard InChI is InChI=1S/C16H21F2NO4/c1-15(2,3)23-14(21)19(5)16(4,9-20)11-7-10(17)8-12(18)13(11)22-6/h7-9H,1-6H3. The van der Waals surface area contributed by atoms with Crippen LogP contribution in [0.3, 0.4) is 0 Å². The highest BCUT2D eigenvalue weighted by atomic mass is 19.1. The van der Waals surface area contributed by atoms with Gasteiger partial charge in [-0.05, 0) is 33.8 Å². The molecule has 0 aliphatic carbocycles. The molecule has 23 heavy (non-hydrogen) atoms. The third kappa shape index (κ3) is 3.97. The van der Waals surface area contributed by atoms with E-state index in [0.29, 0.717) is 12.4 Å². The summed E-state index contributed by atoms with van der Waals surface area (Å²) in [6, 6.07) is 1.60. The maximum atomic E-state index is 13.9. The third-order valence-corrected chi connectivity index (χ3v) is 3.35. The average molecular weight is 329 g/mol. The molecule has 0 aliphatic rings. The maximum absolute atomic E-state index is 13.9. The average Bonchev–Trinajstić information content (AvgIpc) is 2.43. The minimum Gasteiger partial charge on any atom is -0.493 e. The number of hydrogen-bond donors (Lipinski definition) is 0. The first-order valence-electron chi connectivity index (χ1n) is 6.93. The van der Waals surface area contributed by atoms with Crippen molar-refractivity contribution in [1.29, 1.82) is 0 Å². The number of carbonyl (C=O) groups excluding carboxylic acids is 2. The Hall–Kier alpha value is -2.18. The Bertz CT molecular complexity index is 613. The van der Waals surface area contributed by atoms with E-state index in [0.717, 1.165) is 11.0 Å². The zero-order valence-corrected chi connectivity index (χ0v) is 14.1. The van der Waals surface area contributed by atoms with Gasteiger partial charge in [0.25, 0.3) is 0 Å². The summed E-state index contributed by atoms with van der Waals surface area (Å²) in [6.45, 7) is 6.35. The molecule has 1 unspecified atom stereocenters. The van der Waals surface area contributed by atoms with Gasteiger partial charge in [-0.1, -0.05) is 0 Å². The van der Waals surface area contributed by atoms with Gasteiger partial charge in [0.2, 0.25) is 0 Å². The fourth-order valence-corrected chi connectivity index (χ4v) is 1.99. The van der Waals surface area contributed by atoms with E-state index in [1.165, 1.54) is 21.1 Å². The van der Waals surface area contributed by atoms with Crippen LogP contribution in [0.5, 0.6) is 5.75 Å². The van der Waals surface area contributed by atoms with Gasteiger partial charge in [-0.2, -0.15) is 0 Å². The summed E-state index contributed by atoms with van der Waals surface area (Å²) < 4.78 is 37.6. The number of likely N-dealkylation sites (N-methyl/N-ethyl adjacent to an activating group) is 1. The smallest absolute Gasteiger partial charge is 0.411 e. The van der Waals surface area contributed by atoms with Crippen LogP contribution >= 0.6 is 0 Å². The van der Waals surface area contributed by atoms with Crippen LogP contribution in [0.25, 0.3) is 0 Å². The predicted octanol–water partition coefficient (Wildman–Crippen LogP) is 3.25. The molecule has 1 aromatic rings. The number of aldehydes is 1. The van der Waals surface area contributed by atoms with Crippen LogP contribution in [-0.4, -0.2) is 37.0 Å². The lowest BCUT2D eigenvalue weighted by Crippen LogP contribution is -2.48. The first-order valence-corrected chi connectivity index (χ1v) is 6.93. The maximum Gasteiger partial charge on any atom is 0.411 e. The van der Waals surface area contributed by atoms with Crippen LogP contribution in [0.15, 0.2) is 12.1 Å². The van der Waals surface area contributed by atoms with Crippen molar-refractivity contribution in [2.75, 3.05) is 14.2 Å². The molecule has 0 aliphatic heterocycles. The lowest BCUT2D eigenvalue weighted by Gasteiger charge is -2.36. The van der Waals surface area contributed by atoms with Gasteiger partial charge < -0.3 is 14.3 Å².